The van der Waals surface area contributed by atoms with Crippen LogP contribution in [0.4, 0.5) is 13.2 Å². The van der Waals surface area contributed by atoms with Crippen LogP contribution >= 0.6 is 0 Å². The fourth-order valence-corrected chi connectivity index (χ4v) is 2.33. The van der Waals surface area contributed by atoms with E-state index in [1.54, 1.807) is 6.26 Å². The Bertz CT molecular complexity index is 438. The third kappa shape index (κ3) is 5.71. The number of hydrogen-bond donors (Lipinski definition) is 1. The predicted octanol–water partition coefficient (Wildman–Crippen LogP) is 3.55. The maximum absolute atomic E-state index is 12.6. The Kier molecular flexibility index (Phi) is 5.32. The molecule has 0 spiro atoms. The highest BCUT2D eigenvalue weighted by Gasteiger charge is 2.38. The molecule has 1 aliphatic carbocycles. The van der Waals surface area contributed by atoms with E-state index in [0.717, 1.165) is 24.9 Å². The van der Waals surface area contributed by atoms with Gasteiger partial charge < -0.3 is 9.73 Å². The highest BCUT2D eigenvalue weighted by atomic mass is 19.4. The second-order valence-corrected chi connectivity index (χ2v) is 6.15. The van der Waals surface area contributed by atoms with Gasteiger partial charge in [0.15, 0.2) is 0 Å². The highest BCUT2D eigenvalue weighted by Crippen LogP contribution is 2.32. The Morgan fingerprint density at radius 3 is 2.67 bits per heavy atom. The molecule has 0 aliphatic heterocycles. The van der Waals surface area contributed by atoms with Crippen LogP contribution in [0.1, 0.15) is 38.0 Å². The zero-order chi connectivity index (χ0) is 15.5. The number of halogens is 3. The summed E-state index contributed by atoms with van der Waals surface area (Å²) >= 11 is 0. The van der Waals surface area contributed by atoms with E-state index in [-0.39, 0.29) is 12.6 Å². The van der Waals surface area contributed by atoms with Crippen LogP contribution in [0.25, 0.3) is 0 Å². The number of alkyl halides is 3. The molecule has 0 unspecified atom stereocenters. The van der Waals surface area contributed by atoms with Crippen molar-refractivity contribution in [3.05, 3.63) is 23.7 Å². The van der Waals surface area contributed by atoms with Crippen molar-refractivity contribution in [2.24, 2.45) is 5.92 Å². The monoisotopic (exact) mass is 304 g/mol. The molecule has 1 saturated carbocycles. The molecule has 0 radical (unpaired) electrons. The van der Waals surface area contributed by atoms with Crippen LogP contribution < -0.4 is 5.32 Å². The molecule has 2 rings (SSSR count). The number of nitrogens with one attached hydrogen (secondary N) is 1. The van der Waals surface area contributed by atoms with Gasteiger partial charge in [-0.3, -0.25) is 4.90 Å². The van der Waals surface area contributed by atoms with E-state index in [1.165, 1.54) is 4.90 Å². The van der Waals surface area contributed by atoms with Crippen molar-refractivity contribution in [1.82, 2.24) is 10.2 Å². The summed E-state index contributed by atoms with van der Waals surface area (Å²) in [6.45, 7) is 5.10. The van der Waals surface area contributed by atoms with E-state index in [2.05, 4.69) is 19.2 Å². The molecule has 0 atom stereocenters. The van der Waals surface area contributed by atoms with Crippen molar-refractivity contribution in [3.8, 4) is 0 Å². The quantitative estimate of drug-likeness (QED) is 0.796. The molecular weight excluding hydrogens is 281 g/mol. The second-order valence-electron chi connectivity index (χ2n) is 6.15. The molecule has 6 heteroatoms. The van der Waals surface area contributed by atoms with Crippen molar-refractivity contribution >= 4 is 0 Å². The van der Waals surface area contributed by atoms with E-state index in [4.69, 9.17) is 4.42 Å². The third-order valence-corrected chi connectivity index (χ3v) is 3.50. The molecule has 0 aromatic carbocycles. The number of rotatable bonds is 8. The van der Waals surface area contributed by atoms with Crippen molar-refractivity contribution in [2.45, 2.75) is 52.0 Å². The lowest BCUT2D eigenvalue weighted by atomic mass is 10.2. The first-order valence-corrected chi connectivity index (χ1v) is 7.42. The van der Waals surface area contributed by atoms with Gasteiger partial charge in [-0.05, 0) is 31.4 Å². The Morgan fingerprint density at radius 1 is 1.38 bits per heavy atom. The topological polar surface area (TPSA) is 28.4 Å². The summed E-state index contributed by atoms with van der Waals surface area (Å²) in [7, 11) is 0. The SMILES string of the molecule is CC(C)CNCc1ccoc1CN(CC(F)(F)F)C1CC1. The molecule has 3 nitrogen and oxygen atoms in total. The van der Waals surface area contributed by atoms with Crippen molar-refractivity contribution < 1.29 is 17.6 Å². The van der Waals surface area contributed by atoms with Gasteiger partial charge >= 0.3 is 6.18 Å². The number of furan rings is 1. The van der Waals surface area contributed by atoms with Gasteiger partial charge in [0.2, 0.25) is 0 Å². The van der Waals surface area contributed by atoms with Crippen molar-refractivity contribution in [1.29, 1.82) is 0 Å². The van der Waals surface area contributed by atoms with Crippen LogP contribution in [-0.4, -0.2) is 30.2 Å². The summed E-state index contributed by atoms with van der Waals surface area (Å²) < 4.78 is 43.3. The molecule has 0 bridgehead atoms. The first-order chi connectivity index (χ1) is 9.85. The minimum absolute atomic E-state index is 0.0493. The molecule has 1 aliphatic rings. The van der Waals surface area contributed by atoms with Crippen LogP contribution in [-0.2, 0) is 13.1 Å². The first-order valence-electron chi connectivity index (χ1n) is 7.42. The molecule has 0 saturated heterocycles. The maximum atomic E-state index is 12.6. The van der Waals surface area contributed by atoms with E-state index in [0.29, 0.717) is 18.2 Å². The lowest BCUT2D eigenvalue weighted by molar-refractivity contribution is -0.148. The second kappa shape index (κ2) is 6.83. The predicted molar refractivity (Wildman–Crippen MR) is 74.7 cm³/mol. The highest BCUT2D eigenvalue weighted by molar-refractivity contribution is 5.17. The van der Waals surface area contributed by atoms with Gasteiger partial charge in [0.1, 0.15) is 5.76 Å². The summed E-state index contributed by atoms with van der Waals surface area (Å²) in [5.41, 5.74) is 0.948. The van der Waals surface area contributed by atoms with Gasteiger partial charge in [0.05, 0.1) is 19.4 Å². The van der Waals surface area contributed by atoms with Gasteiger partial charge in [0.25, 0.3) is 0 Å². The number of nitrogens with zero attached hydrogens (tertiary/aromatic N) is 1. The first kappa shape index (κ1) is 16.4. The normalized spacial score (nSPS) is 16.1. The molecule has 1 heterocycles. The molecule has 21 heavy (non-hydrogen) atoms. The minimum Gasteiger partial charge on any atom is -0.468 e. The van der Waals surface area contributed by atoms with Crippen LogP contribution in [0.15, 0.2) is 16.7 Å². The molecule has 1 aromatic heterocycles. The standard InChI is InChI=1S/C15H23F3N2O/c1-11(2)7-19-8-12-5-6-21-14(12)9-20(13-3-4-13)10-15(16,17)18/h5-6,11,13,19H,3-4,7-10H2,1-2H3. The van der Waals surface area contributed by atoms with E-state index >= 15 is 0 Å². The smallest absolute Gasteiger partial charge is 0.401 e. The Hall–Kier alpha value is -1.01. The van der Waals surface area contributed by atoms with Crippen LogP contribution in [0.2, 0.25) is 0 Å². The average Bonchev–Trinajstić information content (AvgIpc) is 3.10. The van der Waals surface area contributed by atoms with Gasteiger partial charge in [-0.15, -0.1) is 0 Å². The van der Waals surface area contributed by atoms with Gasteiger partial charge in [0, 0.05) is 18.2 Å². The van der Waals surface area contributed by atoms with Gasteiger partial charge in [-0.2, -0.15) is 13.2 Å². The summed E-state index contributed by atoms with van der Waals surface area (Å²) in [6.07, 6.45) is -0.916. The largest absolute Gasteiger partial charge is 0.468 e. The zero-order valence-electron chi connectivity index (χ0n) is 12.5. The molecule has 0 amide bonds. The molecule has 1 aromatic rings. The average molecular weight is 304 g/mol. The summed E-state index contributed by atoms with van der Waals surface area (Å²) in [6, 6.07) is 1.88. The summed E-state index contributed by atoms with van der Waals surface area (Å²) in [5, 5.41) is 3.29. The summed E-state index contributed by atoms with van der Waals surface area (Å²) in [4.78, 5) is 1.48. The zero-order valence-corrected chi connectivity index (χ0v) is 12.5. The van der Waals surface area contributed by atoms with Crippen LogP contribution in [0.5, 0.6) is 0 Å². The Balaban J connectivity index is 1.93. The molecule has 1 N–H and O–H groups in total. The van der Waals surface area contributed by atoms with E-state index < -0.39 is 12.7 Å². The fraction of sp³-hybridized carbons (Fsp3) is 0.733. The fourth-order valence-electron chi connectivity index (χ4n) is 2.33. The van der Waals surface area contributed by atoms with E-state index in [9.17, 15) is 13.2 Å². The molecule has 1 fully saturated rings. The lowest BCUT2D eigenvalue weighted by Crippen LogP contribution is -2.35. The molecule has 120 valence electrons. The Labute approximate surface area is 123 Å². The van der Waals surface area contributed by atoms with Gasteiger partial charge in [-0.25, -0.2) is 0 Å². The van der Waals surface area contributed by atoms with Crippen LogP contribution in [0, 0.1) is 5.92 Å². The van der Waals surface area contributed by atoms with E-state index in [1.807, 2.05) is 6.07 Å². The van der Waals surface area contributed by atoms with Crippen molar-refractivity contribution in [3.63, 3.8) is 0 Å². The van der Waals surface area contributed by atoms with Gasteiger partial charge in [-0.1, -0.05) is 13.8 Å². The lowest BCUT2D eigenvalue weighted by Gasteiger charge is -2.22. The minimum atomic E-state index is -4.16. The summed E-state index contributed by atoms with van der Waals surface area (Å²) in [5.74, 6) is 1.18. The number of hydrogen-bond acceptors (Lipinski definition) is 3. The Morgan fingerprint density at radius 2 is 2.10 bits per heavy atom. The molecular formula is C15H23F3N2O. The third-order valence-electron chi connectivity index (χ3n) is 3.50. The van der Waals surface area contributed by atoms with Crippen LogP contribution in [0.3, 0.4) is 0 Å². The maximum Gasteiger partial charge on any atom is 0.401 e. The van der Waals surface area contributed by atoms with Crippen molar-refractivity contribution in [2.75, 3.05) is 13.1 Å².